The van der Waals surface area contributed by atoms with Crippen LogP contribution in [0.15, 0.2) is 72.8 Å². The minimum absolute atomic E-state index is 0.168. The van der Waals surface area contributed by atoms with Crippen molar-refractivity contribution in [2.45, 2.75) is 6.17 Å². The van der Waals surface area contributed by atoms with Crippen LogP contribution in [0, 0.1) is 5.82 Å². The summed E-state index contributed by atoms with van der Waals surface area (Å²) in [5, 5.41) is 0. The first-order valence-corrected chi connectivity index (χ1v) is 8.30. The highest BCUT2D eigenvalue weighted by atomic mass is 19.1. The van der Waals surface area contributed by atoms with Crippen LogP contribution < -0.4 is 9.80 Å². The SMILES string of the molecule is Fc1ccc(N2CCN3c4ccccc4-c4ccccc4[C@H]23)cc1. The first-order chi connectivity index (χ1) is 11.8. The number of benzene rings is 3. The van der Waals surface area contributed by atoms with E-state index in [0.29, 0.717) is 0 Å². The highest BCUT2D eigenvalue weighted by molar-refractivity contribution is 5.86. The van der Waals surface area contributed by atoms with Gasteiger partial charge in [0.2, 0.25) is 0 Å². The molecule has 0 spiro atoms. The lowest BCUT2D eigenvalue weighted by molar-refractivity contribution is 0.627. The minimum Gasteiger partial charge on any atom is -0.346 e. The van der Waals surface area contributed by atoms with Crippen LogP contribution in [0.5, 0.6) is 0 Å². The molecule has 2 aliphatic heterocycles. The fraction of sp³-hybridized carbons (Fsp3) is 0.143. The molecule has 1 fully saturated rings. The summed E-state index contributed by atoms with van der Waals surface area (Å²) in [6.07, 6.45) is 0.168. The predicted molar refractivity (Wildman–Crippen MR) is 95.7 cm³/mol. The van der Waals surface area contributed by atoms with Crippen molar-refractivity contribution in [3.63, 3.8) is 0 Å². The highest BCUT2D eigenvalue weighted by Crippen LogP contribution is 2.48. The molecular formula is C21H17FN2. The third kappa shape index (κ3) is 1.88. The Bertz CT molecular complexity index is 904. The van der Waals surface area contributed by atoms with Crippen LogP contribution in [0.3, 0.4) is 0 Å². The van der Waals surface area contributed by atoms with Crippen molar-refractivity contribution < 1.29 is 4.39 Å². The number of para-hydroxylation sites is 1. The summed E-state index contributed by atoms with van der Waals surface area (Å²) in [6.45, 7) is 1.90. The number of hydrogen-bond acceptors (Lipinski definition) is 2. The molecule has 0 radical (unpaired) electrons. The van der Waals surface area contributed by atoms with Gasteiger partial charge in [-0.25, -0.2) is 4.39 Å². The van der Waals surface area contributed by atoms with Gasteiger partial charge < -0.3 is 9.80 Å². The van der Waals surface area contributed by atoms with Gasteiger partial charge in [0.1, 0.15) is 12.0 Å². The lowest BCUT2D eigenvalue weighted by atomic mass is 9.91. The molecule has 0 bridgehead atoms. The summed E-state index contributed by atoms with van der Waals surface area (Å²) in [6, 6.07) is 24.1. The molecule has 2 nitrogen and oxygen atoms in total. The maximum atomic E-state index is 13.3. The zero-order valence-corrected chi connectivity index (χ0v) is 13.2. The number of rotatable bonds is 1. The fourth-order valence-corrected chi connectivity index (χ4v) is 4.04. The van der Waals surface area contributed by atoms with Gasteiger partial charge in [-0.1, -0.05) is 42.5 Å². The molecule has 3 heteroatoms. The molecule has 24 heavy (non-hydrogen) atoms. The minimum atomic E-state index is -0.191. The molecule has 1 atom stereocenters. The van der Waals surface area contributed by atoms with Crippen molar-refractivity contribution in [1.82, 2.24) is 0 Å². The van der Waals surface area contributed by atoms with Crippen LogP contribution in [-0.2, 0) is 0 Å². The van der Waals surface area contributed by atoms with Crippen molar-refractivity contribution in [3.8, 4) is 11.1 Å². The normalized spacial score (nSPS) is 18.1. The van der Waals surface area contributed by atoms with Gasteiger partial charge in [-0.3, -0.25) is 0 Å². The number of hydrogen-bond donors (Lipinski definition) is 0. The number of fused-ring (bicyclic) bond motifs is 6. The van der Waals surface area contributed by atoms with Crippen LogP contribution in [-0.4, -0.2) is 13.1 Å². The summed E-state index contributed by atoms with van der Waals surface area (Å²) in [5.74, 6) is -0.191. The van der Waals surface area contributed by atoms with E-state index in [9.17, 15) is 4.39 Å². The maximum Gasteiger partial charge on any atom is 0.129 e. The molecule has 0 amide bonds. The maximum absolute atomic E-state index is 13.3. The molecule has 1 saturated heterocycles. The van der Waals surface area contributed by atoms with E-state index in [4.69, 9.17) is 0 Å². The Labute approximate surface area is 140 Å². The Hall–Kier alpha value is -2.81. The van der Waals surface area contributed by atoms with Crippen molar-refractivity contribution in [1.29, 1.82) is 0 Å². The van der Waals surface area contributed by atoms with Gasteiger partial charge in [-0.15, -0.1) is 0 Å². The second-order valence-electron chi connectivity index (χ2n) is 6.34. The topological polar surface area (TPSA) is 6.48 Å². The van der Waals surface area contributed by atoms with E-state index in [1.165, 1.54) is 22.4 Å². The molecule has 0 unspecified atom stereocenters. The monoisotopic (exact) mass is 316 g/mol. The lowest BCUT2D eigenvalue weighted by Crippen LogP contribution is -2.33. The van der Waals surface area contributed by atoms with Crippen LogP contribution in [0.1, 0.15) is 11.7 Å². The van der Waals surface area contributed by atoms with Crippen LogP contribution >= 0.6 is 0 Å². The van der Waals surface area contributed by atoms with Gasteiger partial charge in [0.15, 0.2) is 0 Å². The van der Waals surface area contributed by atoms with Crippen molar-refractivity contribution >= 4 is 11.4 Å². The van der Waals surface area contributed by atoms with Gasteiger partial charge in [0.25, 0.3) is 0 Å². The summed E-state index contributed by atoms with van der Waals surface area (Å²) in [4.78, 5) is 4.83. The van der Waals surface area contributed by atoms with Gasteiger partial charge in [0, 0.05) is 35.6 Å². The molecular weight excluding hydrogens is 299 g/mol. The molecule has 3 aromatic rings. The van der Waals surface area contributed by atoms with Crippen LogP contribution in [0.4, 0.5) is 15.8 Å². The Morgan fingerprint density at radius 3 is 2.21 bits per heavy atom. The number of anilines is 2. The van der Waals surface area contributed by atoms with Crippen molar-refractivity contribution in [2.75, 3.05) is 22.9 Å². The molecule has 0 aliphatic carbocycles. The average molecular weight is 316 g/mol. The molecule has 0 saturated carbocycles. The molecule has 0 N–H and O–H groups in total. The quantitative estimate of drug-likeness (QED) is 0.634. The Balaban J connectivity index is 1.68. The second kappa shape index (κ2) is 5.10. The van der Waals surface area contributed by atoms with E-state index < -0.39 is 0 Å². The Morgan fingerprint density at radius 2 is 1.38 bits per heavy atom. The van der Waals surface area contributed by atoms with Crippen LogP contribution in [0.2, 0.25) is 0 Å². The average Bonchev–Trinajstić information content (AvgIpc) is 3.08. The fourth-order valence-electron chi connectivity index (χ4n) is 4.04. The lowest BCUT2D eigenvalue weighted by Gasteiger charge is -2.39. The van der Waals surface area contributed by atoms with Crippen molar-refractivity contribution in [3.05, 3.63) is 84.2 Å². The number of nitrogens with zero attached hydrogens (tertiary/aromatic N) is 2. The smallest absolute Gasteiger partial charge is 0.129 e. The standard InChI is InChI=1S/C21H17FN2/c22-15-9-11-16(12-10-15)23-13-14-24-20-8-4-3-6-18(20)17-5-1-2-7-19(17)21(23)24/h1-12,21H,13-14H2/t21-/m1/s1. The molecule has 0 aromatic heterocycles. The predicted octanol–water partition coefficient (Wildman–Crippen LogP) is 4.83. The second-order valence-corrected chi connectivity index (χ2v) is 6.34. The molecule has 2 aliphatic rings. The van der Waals surface area contributed by atoms with E-state index in [2.05, 4.69) is 58.3 Å². The van der Waals surface area contributed by atoms with E-state index in [1.54, 1.807) is 12.1 Å². The highest BCUT2D eigenvalue weighted by Gasteiger charge is 2.39. The van der Waals surface area contributed by atoms with E-state index in [0.717, 1.165) is 18.8 Å². The molecule has 2 heterocycles. The van der Waals surface area contributed by atoms with Crippen molar-refractivity contribution in [2.24, 2.45) is 0 Å². The van der Waals surface area contributed by atoms with Gasteiger partial charge in [0.05, 0.1) is 0 Å². The molecule has 3 aromatic carbocycles. The van der Waals surface area contributed by atoms with Gasteiger partial charge in [-0.2, -0.15) is 0 Å². The van der Waals surface area contributed by atoms with Gasteiger partial charge in [-0.05, 0) is 35.9 Å². The first-order valence-electron chi connectivity index (χ1n) is 8.30. The van der Waals surface area contributed by atoms with Gasteiger partial charge >= 0.3 is 0 Å². The Morgan fingerprint density at radius 1 is 0.708 bits per heavy atom. The molecule has 118 valence electrons. The summed E-state index contributed by atoms with van der Waals surface area (Å²) >= 11 is 0. The third-order valence-electron chi connectivity index (χ3n) is 5.07. The number of halogens is 1. The Kier molecular flexibility index (Phi) is 2.89. The van der Waals surface area contributed by atoms with E-state index in [1.807, 2.05) is 12.1 Å². The third-order valence-corrected chi connectivity index (χ3v) is 5.07. The molecule has 5 rings (SSSR count). The summed E-state index contributed by atoms with van der Waals surface area (Å²) in [7, 11) is 0. The summed E-state index contributed by atoms with van der Waals surface area (Å²) < 4.78 is 13.3. The van der Waals surface area contributed by atoms with E-state index >= 15 is 0 Å². The summed E-state index contributed by atoms with van der Waals surface area (Å²) in [5.41, 5.74) is 6.26. The largest absolute Gasteiger partial charge is 0.346 e. The zero-order valence-electron chi connectivity index (χ0n) is 13.2. The van der Waals surface area contributed by atoms with Crippen LogP contribution in [0.25, 0.3) is 11.1 Å². The first kappa shape index (κ1) is 13.6. The zero-order chi connectivity index (χ0) is 16.1. The van der Waals surface area contributed by atoms with E-state index in [-0.39, 0.29) is 12.0 Å².